The predicted molar refractivity (Wildman–Crippen MR) is 400 cm³/mol. The van der Waals surface area contributed by atoms with E-state index in [1.165, 1.54) is 186 Å². The summed E-state index contributed by atoms with van der Waals surface area (Å²) >= 11 is 0. The number of phosphoric ester groups is 2. The third-order valence-electron chi connectivity index (χ3n) is 18.2. The van der Waals surface area contributed by atoms with Crippen LogP contribution in [-0.2, 0) is 65.4 Å². The first-order chi connectivity index (χ1) is 47.4. The van der Waals surface area contributed by atoms with Gasteiger partial charge in [0.1, 0.15) is 19.3 Å². The van der Waals surface area contributed by atoms with Gasteiger partial charge in [-0.1, -0.05) is 336 Å². The topological polar surface area (TPSA) is 237 Å². The molecule has 17 nitrogen and oxygen atoms in total. The molecule has 0 spiro atoms. The highest BCUT2D eigenvalue weighted by atomic mass is 31.2. The summed E-state index contributed by atoms with van der Waals surface area (Å²) in [4.78, 5) is 72.9. The molecule has 3 unspecified atom stereocenters. The quantitative estimate of drug-likeness (QED) is 0.0169. The highest BCUT2D eigenvalue weighted by Crippen LogP contribution is 2.45. The van der Waals surface area contributed by atoms with Crippen LogP contribution in [0.1, 0.15) is 388 Å². The van der Waals surface area contributed by atoms with E-state index in [2.05, 4.69) is 65.8 Å². The van der Waals surface area contributed by atoms with E-state index >= 15 is 0 Å². The van der Waals surface area contributed by atoms with Gasteiger partial charge in [0.05, 0.1) is 26.4 Å². The zero-order valence-corrected chi connectivity index (χ0v) is 65.4. The Morgan fingerprint density at radius 1 is 0.337 bits per heavy atom. The Kier molecular flexibility index (Phi) is 68.5. The van der Waals surface area contributed by atoms with Crippen molar-refractivity contribution in [3.63, 3.8) is 0 Å². The number of carbonyl (C=O) groups excluding carboxylic acids is 4. The molecule has 0 radical (unpaired) electrons. The van der Waals surface area contributed by atoms with E-state index in [1.54, 1.807) is 0 Å². The van der Waals surface area contributed by atoms with Crippen LogP contribution >= 0.6 is 15.6 Å². The van der Waals surface area contributed by atoms with E-state index in [4.69, 9.17) is 37.0 Å². The Morgan fingerprint density at radius 2 is 0.602 bits per heavy atom. The van der Waals surface area contributed by atoms with Gasteiger partial charge in [-0.3, -0.25) is 37.3 Å². The monoisotopic (exact) mass is 1430 g/mol. The van der Waals surface area contributed by atoms with Crippen LogP contribution in [0.2, 0.25) is 0 Å². The average Bonchev–Trinajstić information content (AvgIpc) is 0.969. The van der Waals surface area contributed by atoms with E-state index in [0.717, 1.165) is 121 Å². The number of ether oxygens (including phenoxy) is 4. The van der Waals surface area contributed by atoms with Gasteiger partial charge < -0.3 is 33.8 Å². The van der Waals surface area contributed by atoms with Crippen molar-refractivity contribution in [1.82, 2.24) is 0 Å². The fourth-order valence-corrected chi connectivity index (χ4v) is 13.2. The second kappa shape index (κ2) is 70.2. The van der Waals surface area contributed by atoms with Gasteiger partial charge in [-0.15, -0.1) is 0 Å². The van der Waals surface area contributed by atoms with Crippen LogP contribution in [0.25, 0.3) is 0 Å². The van der Waals surface area contributed by atoms with E-state index in [9.17, 15) is 43.2 Å². The number of hydrogen-bond acceptors (Lipinski definition) is 15. The molecule has 0 bridgehead atoms. The first kappa shape index (κ1) is 95.5. The fraction of sp³-hybridized carbons (Fsp3) is 0.899. The molecular formula is C79H150O17P2. The van der Waals surface area contributed by atoms with Crippen molar-refractivity contribution >= 4 is 39.5 Å². The summed E-state index contributed by atoms with van der Waals surface area (Å²) < 4.78 is 68.6. The molecule has 0 amide bonds. The van der Waals surface area contributed by atoms with Crippen molar-refractivity contribution in [2.45, 2.75) is 407 Å². The van der Waals surface area contributed by atoms with Gasteiger partial charge in [0, 0.05) is 25.7 Å². The number of phosphoric acid groups is 2. The van der Waals surface area contributed by atoms with E-state index in [-0.39, 0.29) is 25.7 Å². The zero-order valence-electron chi connectivity index (χ0n) is 63.6. The third kappa shape index (κ3) is 70.6. The molecule has 98 heavy (non-hydrogen) atoms. The number of unbranched alkanes of at least 4 members (excludes halogenated alkanes) is 42. The maximum Gasteiger partial charge on any atom is 0.472 e. The summed E-state index contributed by atoms with van der Waals surface area (Å²) in [5.41, 5.74) is 0. The Bertz CT molecular complexity index is 1990. The zero-order chi connectivity index (χ0) is 72.1. The molecule has 0 aromatic carbocycles. The predicted octanol–water partition coefficient (Wildman–Crippen LogP) is 23.1. The molecule has 0 aromatic heterocycles. The van der Waals surface area contributed by atoms with Crippen molar-refractivity contribution in [2.75, 3.05) is 39.6 Å². The van der Waals surface area contributed by atoms with Gasteiger partial charge in [0.25, 0.3) is 0 Å². The van der Waals surface area contributed by atoms with Crippen LogP contribution in [-0.4, -0.2) is 96.7 Å². The maximum atomic E-state index is 13.1. The van der Waals surface area contributed by atoms with Crippen molar-refractivity contribution in [2.24, 2.45) is 11.8 Å². The SMILES string of the molecule is CCCCCC/C=C\C=C/CCCCCCCC(=O)OC[C@H](COP(=O)(O)OC[C@@H](O)COP(=O)(O)OC[C@@H](COC(=O)CCCCCCCCCCC(C)CC)OC(=O)CCCCCCCCCCCCCCC)OC(=O)CCCCCCCCCCCCCCCCCC(C)C. The van der Waals surface area contributed by atoms with Crippen LogP contribution in [0, 0.1) is 11.8 Å². The van der Waals surface area contributed by atoms with Crippen LogP contribution in [0.3, 0.4) is 0 Å². The van der Waals surface area contributed by atoms with Gasteiger partial charge in [0.15, 0.2) is 12.2 Å². The number of aliphatic hydroxyl groups excluding tert-OH is 1. The summed E-state index contributed by atoms with van der Waals surface area (Å²) in [7, 11) is -9.93. The molecule has 0 aliphatic rings. The van der Waals surface area contributed by atoms with Gasteiger partial charge in [-0.25, -0.2) is 9.13 Å². The summed E-state index contributed by atoms with van der Waals surface area (Å²) in [5.74, 6) is -0.564. The minimum Gasteiger partial charge on any atom is -0.462 e. The van der Waals surface area contributed by atoms with Crippen LogP contribution in [0.4, 0.5) is 0 Å². The summed E-state index contributed by atoms with van der Waals surface area (Å²) in [6.45, 7) is 9.58. The molecule has 0 fully saturated rings. The molecule has 0 rings (SSSR count). The van der Waals surface area contributed by atoms with E-state index < -0.39 is 97.5 Å². The van der Waals surface area contributed by atoms with Gasteiger partial charge in [-0.05, 0) is 63.2 Å². The van der Waals surface area contributed by atoms with Crippen molar-refractivity contribution in [3.8, 4) is 0 Å². The van der Waals surface area contributed by atoms with Gasteiger partial charge >= 0.3 is 39.5 Å². The lowest BCUT2D eigenvalue weighted by Gasteiger charge is -2.21. The molecule has 0 aliphatic heterocycles. The Hall–Kier alpha value is -2.46. The summed E-state index contributed by atoms with van der Waals surface area (Å²) in [6, 6.07) is 0. The highest BCUT2D eigenvalue weighted by molar-refractivity contribution is 7.47. The first-order valence-corrected chi connectivity index (χ1v) is 43.3. The van der Waals surface area contributed by atoms with Gasteiger partial charge in [-0.2, -0.15) is 0 Å². The molecule has 0 saturated carbocycles. The molecule has 6 atom stereocenters. The van der Waals surface area contributed by atoms with Crippen LogP contribution in [0.5, 0.6) is 0 Å². The highest BCUT2D eigenvalue weighted by Gasteiger charge is 2.30. The first-order valence-electron chi connectivity index (χ1n) is 40.3. The second-order valence-corrected chi connectivity index (χ2v) is 31.4. The minimum atomic E-state index is -4.97. The number of esters is 4. The third-order valence-corrected chi connectivity index (χ3v) is 20.1. The Morgan fingerprint density at radius 3 is 0.918 bits per heavy atom. The normalized spacial score (nSPS) is 14.4. The standard InChI is InChI=1S/C79H150O17P2/c1-7-10-12-14-16-18-20-22-24-29-32-36-43-49-55-61-76(81)89-67-74(95-79(84)64-58-52-46-38-34-30-26-23-25-28-31-35-41-47-53-59-71(4)5)69-93-97(85,86)91-65-73(80)66-92-98(87,88)94-70-75(68-90-77(82)62-56-50-44-40-39-42-48-54-60-72(6)9-3)96-78(83)63-57-51-45-37-33-27-21-19-17-15-13-11-8-2/h18,20,22,24,71-75,80H,7-17,19,21,23,25-70H2,1-6H3,(H,85,86)(H,87,88)/b20-18-,24-22-/t72?,73-,74-,75-/m1/s1. The number of aliphatic hydroxyl groups is 1. The molecule has 0 heterocycles. The maximum absolute atomic E-state index is 13.1. The molecular weight excluding hydrogens is 1280 g/mol. The average molecular weight is 1430 g/mol. The van der Waals surface area contributed by atoms with Crippen molar-refractivity contribution in [1.29, 1.82) is 0 Å². The molecule has 0 aliphatic carbocycles. The largest absolute Gasteiger partial charge is 0.472 e. The van der Waals surface area contributed by atoms with Crippen LogP contribution < -0.4 is 0 Å². The molecule has 0 saturated heterocycles. The number of carbonyl (C=O) groups is 4. The van der Waals surface area contributed by atoms with Crippen LogP contribution in [0.15, 0.2) is 24.3 Å². The lowest BCUT2D eigenvalue weighted by Crippen LogP contribution is -2.30. The number of rotatable bonds is 76. The van der Waals surface area contributed by atoms with E-state index in [0.29, 0.717) is 25.7 Å². The molecule has 3 N–H and O–H groups in total. The Balaban J connectivity index is 5.30. The number of allylic oxidation sites excluding steroid dienone is 4. The van der Waals surface area contributed by atoms with Gasteiger partial charge in [0.2, 0.25) is 0 Å². The number of hydrogen-bond donors (Lipinski definition) is 3. The van der Waals surface area contributed by atoms with E-state index in [1.807, 2.05) is 0 Å². The van der Waals surface area contributed by atoms with Crippen molar-refractivity contribution < 1.29 is 80.2 Å². The fourth-order valence-electron chi connectivity index (χ4n) is 11.6. The summed E-state index contributed by atoms with van der Waals surface area (Å²) in [6.07, 6.45) is 61.7. The van der Waals surface area contributed by atoms with Crippen molar-refractivity contribution in [3.05, 3.63) is 24.3 Å². The second-order valence-electron chi connectivity index (χ2n) is 28.5. The molecule has 19 heteroatoms. The minimum absolute atomic E-state index is 0.101. The molecule has 0 aromatic rings. The molecule has 578 valence electrons. The summed E-state index contributed by atoms with van der Waals surface area (Å²) in [5, 5.41) is 10.6. The lowest BCUT2D eigenvalue weighted by molar-refractivity contribution is -0.161. The smallest absolute Gasteiger partial charge is 0.462 e. The Labute approximate surface area is 599 Å². The lowest BCUT2D eigenvalue weighted by atomic mass is 9.99.